The summed E-state index contributed by atoms with van der Waals surface area (Å²) in [4.78, 5) is 1.32. The molecule has 0 bridgehead atoms. The lowest BCUT2D eigenvalue weighted by molar-refractivity contribution is 0.136. The topological polar surface area (TPSA) is 9.23 Å². The van der Waals surface area contributed by atoms with Crippen molar-refractivity contribution in [3.05, 3.63) is 34.7 Å². The van der Waals surface area contributed by atoms with Crippen molar-refractivity contribution >= 4 is 21.4 Å². The Morgan fingerprint density at radius 2 is 2.21 bits per heavy atom. The third kappa shape index (κ3) is 1.81. The summed E-state index contributed by atoms with van der Waals surface area (Å²) in [6.45, 7) is 5.71. The molecule has 0 unspecified atom stereocenters. The van der Waals surface area contributed by atoms with E-state index in [-0.39, 0.29) is 0 Å². The first-order chi connectivity index (χ1) is 6.81. The van der Waals surface area contributed by atoms with Crippen LogP contribution in [0.25, 0.3) is 10.1 Å². The summed E-state index contributed by atoms with van der Waals surface area (Å²) in [5, 5.41) is 1.37. The minimum Gasteiger partial charge on any atom is -0.376 e. The van der Waals surface area contributed by atoms with E-state index in [0.717, 1.165) is 13.2 Å². The van der Waals surface area contributed by atoms with Crippen molar-refractivity contribution in [3.63, 3.8) is 0 Å². The highest BCUT2D eigenvalue weighted by Gasteiger charge is 2.02. The second-order valence-electron chi connectivity index (χ2n) is 3.34. The molecule has 0 spiro atoms. The van der Waals surface area contributed by atoms with E-state index in [2.05, 4.69) is 31.2 Å². The van der Waals surface area contributed by atoms with Crippen LogP contribution in [0.2, 0.25) is 0 Å². The minimum atomic E-state index is 0.745. The number of ether oxygens (including phenoxy) is 1. The van der Waals surface area contributed by atoms with Crippen LogP contribution in [0.5, 0.6) is 0 Å². The van der Waals surface area contributed by atoms with Gasteiger partial charge < -0.3 is 4.74 Å². The SMILES string of the molecule is CCOCc1cc2c(C)cccc2s1. The molecule has 0 aliphatic heterocycles. The number of fused-ring (bicyclic) bond motifs is 1. The average molecular weight is 206 g/mol. The Morgan fingerprint density at radius 1 is 1.36 bits per heavy atom. The molecule has 0 fully saturated rings. The van der Waals surface area contributed by atoms with E-state index in [9.17, 15) is 0 Å². The fourth-order valence-corrected chi connectivity index (χ4v) is 2.61. The first-order valence-corrected chi connectivity index (χ1v) is 5.68. The van der Waals surface area contributed by atoms with Gasteiger partial charge in [0.15, 0.2) is 0 Å². The van der Waals surface area contributed by atoms with Gasteiger partial charge in [-0.3, -0.25) is 0 Å². The van der Waals surface area contributed by atoms with Crippen molar-refractivity contribution in [1.29, 1.82) is 0 Å². The smallest absolute Gasteiger partial charge is 0.0809 e. The van der Waals surface area contributed by atoms with Gasteiger partial charge in [0, 0.05) is 16.2 Å². The van der Waals surface area contributed by atoms with Crippen molar-refractivity contribution in [2.75, 3.05) is 6.61 Å². The van der Waals surface area contributed by atoms with Gasteiger partial charge in [-0.15, -0.1) is 11.3 Å². The van der Waals surface area contributed by atoms with Crippen molar-refractivity contribution in [2.45, 2.75) is 20.5 Å². The molecule has 2 heteroatoms. The molecule has 0 N–H and O–H groups in total. The highest BCUT2D eigenvalue weighted by Crippen LogP contribution is 2.28. The molecule has 0 radical (unpaired) electrons. The summed E-state index contributed by atoms with van der Waals surface area (Å²) in [5.74, 6) is 0. The molecule has 1 heterocycles. The summed E-state index contributed by atoms with van der Waals surface area (Å²) in [6.07, 6.45) is 0. The molecule has 0 saturated heterocycles. The van der Waals surface area contributed by atoms with Gasteiger partial charge in [0.05, 0.1) is 6.61 Å². The lowest BCUT2D eigenvalue weighted by Crippen LogP contribution is -1.87. The van der Waals surface area contributed by atoms with Crippen LogP contribution in [0.4, 0.5) is 0 Å². The zero-order valence-corrected chi connectivity index (χ0v) is 9.36. The van der Waals surface area contributed by atoms with Gasteiger partial charge in [-0.1, -0.05) is 12.1 Å². The summed E-state index contributed by atoms with van der Waals surface area (Å²) in [7, 11) is 0. The molecule has 1 nitrogen and oxygen atoms in total. The molecular weight excluding hydrogens is 192 g/mol. The van der Waals surface area contributed by atoms with Crippen LogP contribution in [-0.4, -0.2) is 6.61 Å². The van der Waals surface area contributed by atoms with Gasteiger partial charge in [-0.2, -0.15) is 0 Å². The van der Waals surface area contributed by atoms with Gasteiger partial charge in [-0.25, -0.2) is 0 Å². The molecule has 0 atom stereocenters. The Balaban J connectivity index is 2.36. The molecule has 1 aromatic heterocycles. The molecule has 2 aromatic rings. The Bertz CT molecular complexity index is 431. The zero-order chi connectivity index (χ0) is 9.97. The summed E-state index contributed by atoms with van der Waals surface area (Å²) in [6, 6.07) is 8.67. The lowest BCUT2D eigenvalue weighted by atomic mass is 10.1. The predicted octanol–water partition coefficient (Wildman–Crippen LogP) is 3.75. The Labute approximate surface area is 88.3 Å². The van der Waals surface area contributed by atoms with Crippen LogP contribution < -0.4 is 0 Å². The van der Waals surface area contributed by atoms with E-state index < -0.39 is 0 Å². The molecule has 0 aliphatic carbocycles. The normalized spacial score (nSPS) is 11.0. The maximum atomic E-state index is 5.40. The number of thiophene rings is 1. The quantitative estimate of drug-likeness (QED) is 0.743. The van der Waals surface area contributed by atoms with Crippen LogP contribution in [0, 0.1) is 6.92 Å². The van der Waals surface area contributed by atoms with Gasteiger partial charge in [0.1, 0.15) is 0 Å². The predicted molar refractivity (Wildman–Crippen MR) is 61.9 cm³/mol. The zero-order valence-electron chi connectivity index (χ0n) is 8.54. The number of aryl methyl sites for hydroxylation is 1. The van der Waals surface area contributed by atoms with Crippen LogP contribution in [0.3, 0.4) is 0 Å². The highest BCUT2D eigenvalue weighted by atomic mass is 32.1. The summed E-state index contributed by atoms with van der Waals surface area (Å²) < 4.78 is 6.76. The highest BCUT2D eigenvalue weighted by molar-refractivity contribution is 7.19. The molecule has 2 rings (SSSR count). The van der Waals surface area contributed by atoms with Crippen molar-refractivity contribution in [1.82, 2.24) is 0 Å². The van der Waals surface area contributed by atoms with Gasteiger partial charge in [0.25, 0.3) is 0 Å². The molecule has 0 saturated carbocycles. The maximum absolute atomic E-state index is 5.40. The fourth-order valence-electron chi connectivity index (χ4n) is 1.53. The van der Waals surface area contributed by atoms with Crippen molar-refractivity contribution < 1.29 is 4.74 Å². The summed E-state index contributed by atoms with van der Waals surface area (Å²) in [5.41, 5.74) is 1.35. The van der Waals surface area contributed by atoms with Crippen molar-refractivity contribution in [3.8, 4) is 0 Å². The van der Waals surface area contributed by atoms with Gasteiger partial charge in [-0.05, 0) is 36.9 Å². The van der Waals surface area contributed by atoms with E-state index in [1.165, 1.54) is 20.5 Å². The van der Waals surface area contributed by atoms with Gasteiger partial charge in [0.2, 0.25) is 0 Å². The number of benzene rings is 1. The first-order valence-electron chi connectivity index (χ1n) is 4.87. The monoisotopic (exact) mass is 206 g/mol. The average Bonchev–Trinajstić information content (AvgIpc) is 2.59. The second kappa shape index (κ2) is 4.11. The van der Waals surface area contributed by atoms with E-state index in [4.69, 9.17) is 4.74 Å². The third-order valence-electron chi connectivity index (χ3n) is 2.28. The largest absolute Gasteiger partial charge is 0.376 e. The minimum absolute atomic E-state index is 0.745. The van der Waals surface area contributed by atoms with Crippen LogP contribution in [-0.2, 0) is 11.3 Å². The number of rotatable bonds is 3. The second-order valence-corrected chi connectivity index (χ2v) is 4.50. The third-order valence-corrected chi connectivity index (χ3v) is 3.35. The van der Waals surface area contributed by atoms with E-state index in [0.29, 0.717) is 0 Å². The van der Waals surface area contributed by atoms with E-state index in [1.54, 1.807) is 0 Å². The lowest BCUT2D eigenvalue weighted by Gasteiger charge is -1.94. The van der Waals surface area contributed by atoms with Crippen molar-refractivity contribution in [2.24, 2.45) is 0 Å². The molecule has 0 amide bonds. The molecule has 14 heavy (non-hydrogen) atoms. The van der Waals surface area contributed by atoms with E-state index in [1.807, 2.05) is 18.3 Å². The number of hydrogen-bond donors (Lipinski definition) is 0. The molecule has 0 aliphatic rings. The van der Waals surface area contributed by atoms with Crippen LogP contribution in [0.1, 0.15) is 17.4 Å². The standard InChI is InChI=1S/C12H14OS/c1-3-13-8-10-7-11-9(2)5-4-6-12(11)14-10/h4-7H,3,8H2,1-2H3. The van der Waals surface area contributed by atoms with E-state index >= 15 is 0 Å². The number of hydrogen-bond acceptors (Lipinski definition) is 2. The Morgan fingerprint density at radius 3 is 2.93 bits per heavy atom. The molecule has 74 valence electrons. The van der Waals surface area contributed by atoms with Gasteiger partial charge >= 0.3 is 0 Å². The first kappa shape index (κ1) is 9.69. The molecular formula is C12H14OS. The Kier molecular flexibility index (Phi) is 2.85. The Hall–Kier alpha value is -0.860. The summed E-state index contributed by atoms with van der Waals surface area (Å²) >= 11 is 1.83. The van der Waals surface area contributed by atoms with Crippen LogP contribution >= 0.6 is 11.3 Å². The maximum Gasteiger partial charge on any atom is 0.0809 e. The fraction of sp³-hybridized carbons (Fsp3) is 0.333. The van der Waals surface area contributed by atoms with Crippen LogP contribution in [0.15, 0.2) is 24.3 Å². The molecule has 1 aromatic carbocycles.